The van der Waals surface area contributed by atoms with Crippen molar-refractivity contribution in [3.63, 3.8) is 0 Å². The van der Waals surface area contributed by atoms with Crippen LogP contribution in [0.2, 0.25) is 0 Å². The second-order valence-electron chi connectivity index (χ2n) is 7.31. The number of hydrogen-bond acceptors (Lipinski definition) is 5. The first-order valence-corrected chi connectivity index (χ1v) is 9.78. The SMILES string of the molecule is O=C(NCc1n[nH]c2c1CCC2)N1CCC[C@H]1c1nc(-c2ccccc2)no1. The Labute approximate surface area is 162 Å². The van der Waals surface area contributed by atoms with Crippen LogP contribution in [0.15, 0.2) is 34.9 Å². The van der Waals surface area contributed by atoms with E-state index in [1.54, 1.807) is 4.90 Å². The van der Waals surface area contributed by atoms with Crippen molar-refractivity contribution in [3.8, 4) is 11.4 Å². The molecule has 3 heterocycles. The van der Waals surface area contributed by atoms with Crippen LogP contribution in [0.3, 0.4) is 0 Å². The minimum atomic E-state index is -0.185. The third-order valence-electron chi connectivity index (χ3n) is 5.57. The Balaban J connectivity index is 1.27. The number of rotatable bonds is 4. The Morgan fingerprint density at radius 1 is 1.25 bits per heavy atom. The molecule has 1 fully saturated rings. The monoisotopic (exact) mass is 378 g/mol. The summed E-state index contributed by atoms with van der Waals surface area (Å²) in [4.78, 5) is 19.1. The molecule has 2 N–H and O–H groups in total. The minimum Gasteiger partial charge on any atom is -0.337 e. The zero-order valence-electron chi connectivity index (χ0n) is 15.5. The summed E-state index contributed by atoms with van der Waals surface area (Å²) in [6.45, 7) is 1.12. The molecule has 0 bridgehead atoms. The lowest BCUT2D eigenvalue weighted by Gasteiger charge is -2.22. The number of fused-ring (bicyclic) bond motifs is 1. The fourth-order valence-corrected chi connectivity index (χ4v) is 4.14. The van der Waals surface area contributed by atoms with Gasteiger partial charge in [0.05, 0.1) is 12.2 Å². The molecule has 8 nitrogen and oxygen atoms in total. The molecule has 2 aliphatic rings. The van der Waals surface area contributed by atoms with Gasteiger partial charge < -0.3 is 14.7 Å². The number of urea groups is 1. The maximum atomic E-state index is 12.8. The molecule has 0 radical (unpaired) electrons. The van der Waals surface area contributed by atoms with Crippen LogP contribution in [-0.4, -0.2) is 37.8 Å². The maximum absolute atomic E-state index is 12.8. The van der Waals surface area contributed by atoms with Gasteiger partial charge >= 0.3 is 6.03 Å². The van der Waals surface area contributed by atoms with Gasteiger partial charge in [-0.3, -0.25) is 5.10 Å². The standard InChI is InChI=1S/C20H22N6O2/c27-20(21-12-16-14-8-4-9-15(14)23-24-16)26-11-5-10-17(26)19-22-18(25-28-19)13-6-2-1-3-7-13/h1-3,6-7,17H,4-5,8-12H2,(H,21,27)(H,23,24)/t17-/m0/s1. The summed E-state index contributed by atoms with van der Waals surface area (Å²) >= 11 is 0. The Bertz CT molecular complexity index is 980. The van der Waals surface area contributed by atoms with Gasteiger partial charge in [-0.25, -0.2) is 4.79 Å². The Morgan fingerprint density at radius 2 is 2.14 bits per heavy atom. The molecule has 1 saturated heterocycles. The first-order valence-electron chi connectivity index (χ1n) is 9.78. The van der Waals surface area contributed by atoms with Crippen LogP contribution in [0, 0.1) is 0 Å². The lowest BCUT2D eigenvalue weighted by molar-refractivity contribution is 0.180. The van der Waals surface area contributed by atoms with Crippen LogP contribution < -0.4 is 5.32 Å². The van der Waals surface area contributed by atoms with Gasteiger partial charge in [0, 0.05) is 17.8 Å². The molecule has 1 aliphatic carbocycles. The topological polar surface area (TPSA) is 99.9 Å². The lowest BCUT2D eigenvalue weighted by atomic mass is 10.2. The second kappa shape index (κ2) is 7.10. The molecule has 0 unspecified atom stereocenters. The van der Waals surface area contributed by atoms with Gasteiger partial charge in [-0.1, -0.05) is 35.5 Å². The molecule has 1 atom stereocenters. The van der Waals surface area contributed by atoms with E-state index in [0.717, 1.165) is 43.4 Å². The van der Waals surface area contributed by atoms with Crippen molar-refractivity contribution < 1.29 is 9.32 Å². The van der Waals surface area contributed by atoms with Crippen LogP contribution in [0.1, 0.15) is 48.1 Å². The van der Waals surface area contributed by atoms with Gasteiger partial charge in [0.15, 0.2) is 0 Å². The maximum Gasteiger partial charge on any atom is 0.318 e. The van der Waals surface area contributed by atoms with E-state index in [-0.39, 0.29) is 12.1 Å². The van der Waals surface area contributed by atoms with Gasteiger partial charge in [0.1, 0.15) is 6.04 Å². The summed E-state index contributed by atoms with van der Waals surface area (Å²) in [7, 11) is 0. The van der Waals surface area contributed by atoms with Crippen molar-refractivity contribution in [1.29, 1.82) is 0 Å². The minimum absolute atomic E-state index is 0.114. The Kier molecular flexibility index (Phi) is 4.31. The first kappa shape index (κ1) is 17.0. The molecular weight excluding hydrogens is 356 g/mol. The van der Waals surface area contributed by atoms with E-state index in [1.165, 1.54) is 11.3 Å². The largest absolute Gasteiger partial charge is 0.337 e. The van der Waals surface area contributed by atoms with Crippen molar-refractivity contribution in [2.75, 3.05) is 6.54 Å². The van der Waals surface area contributed by atoms with Gasteiger partial charge in [0.25, 0.3) is 0 Å². The number of aromatic nitrogens is 4. The predicted octanol–water partition coefficient (Wildman–Crippen LogP) is 3.00. The number of likely N-dealkylation sites (tertiary alicyclic amines) is 1. The summed E-state index contributed by atoms with van der Waals surface area (Å²) in [6.07, 6.45) is 4.97. The Hall–Kier alpha value is -3.16. The zero-order chi connectivity index (χ0) is 18.9. The average molecular weight is 378 g/mol. The van der Waals surface area contributed by atoms with Gasteiger partial charge in [-0.2, -0.15) is 10.1 Å². The zero-order valence-corrected chi connectivity index (χ0v) is 15.5. The van der Waals surface area contributed by atoms with Crippen molar-refractivity contribution in [2.45, 2.75) is 44.7 Å². The third kappa shape index (κ3) is 3.04. The summed E-state index contributed by atoms with van der Waals surface area (Å²) in [5.41, 5.74) is 4.32. The van der Waals surface area contributed by atoms with Crippen LogP contribution in [0.25, 0.3) is 11.4 Å². The number of amides is 2. The van der Waals surface area contributed by atoms with Crippen LogP contribution in [-0.2, 0) is 19.4 Å². The summed E-state index contributed by atoms with van der Waals surface area (Å²) in [5.74, 6) is 1.04. The van der Waals surface area contributed by atoms with Crippen molar-refractivity contribution in [3.05, 3.63) is 53.2 Å². The number of aryl methyl sites for hydroxylation is 1. The number of aromatic amines is 1. The molecule has 1 aliphatic heterocycles. The van der Waals surface area contributed by atoms with E-state index in [0.29, 0.717) is 24.8 Å². The molecule has 2 amide bonds. The lowest BCUT2D eigenvalue weighted by Crippen LogP contribution is -2.39. The van der Waals surface area contributed by atoms with Crippen LogP contribution in [0.5, 0.6) is 0 Å². The normalized spacial score (nSPS) is 18.4. The second-order valence-corrected chi connectivity index (χ2v) is 7.31. The summed E-state index contributed by atoms with van der Waals surface area (Å²) in [6, 6.07) is 9.40. The molecule has 5 rings (SSSR count). The molecule has 8 heteroatoms. The van der Waals surface area contributed by atoms with Crippen LogP contribution >= 0.6 is 0 Å². The summed E-state index contributed by atoms with van der Waals surface area (Å²) in [5, 5.41) is 14.5. The van der Waals surface area contributed by atoms with Crippen molar-refractivity contribution in [1.82, 2.24) is 30.6 Å². The highest BCUT2D eigenvalue weighted by Gasteiger charge is 2.34. The van der Waals surface area contributed by atoms with E-state index in [2.05, 4.69) is 25.7 Å². The molecule has 28 heavy (non-hydrogen) atoms. The van der Waals surface area contributed by atoms with Gasteiger partial charge in [-0.15, -0.1) is 0 Å². The number of nitrogens with one attached hydrogen (secondary N) is 2. The number of hydrogen-bond donors (Lipinski definition) is 2. The molecule has 0 spiro atoms. The van der Waals surface area contributed by atoms with E-state index in [9.17, 15) is 4.79 Å². The molecule has 0 saturated carbocycles. The number of H-pyrrole nitrogens is 1. The fourth-order valence-electron chi connectivity index (χ4n) is 4.14. The van der Waals surface area contributed by atoms with Gasteiger partial charge in [0.2, 0.25) is 11.7 Å². The fraction of sp³-hybridized carbons (Fsp3) is 0.400. The highest BCUT2D eigenvalue weighted by molar-refractivity contribution is 5.75. The van der Waals surface area contributed by atoms with E-state index in [1.807, 2.05) is 30.3 Å². The smallest absolute Gasteiger partial charge is 0.318 e. The molecule has 144 valence electrons. The van der Waals surface area contributed by atoms with Gasteiger partial charge in [-0.05, 0) is 37.7 Å². The third-order valence-corrected chi connectivity index (χ3v) is 5.57. The summed E-state index contributed by atoms with van der Waals surface area (Å²) < 4.78 is 5.49. The first-order chi connectivity index (χ1) is 13.8. The quantitative estimate of drug-likeness (QED) is 0.727. The van der Waals surface area contributed by atoms with E-state index in [4.69, 9.17) is 4.52 Å². The number of carbonyl (C=O) groups is 1. The molecule has 3 aromatic rings. The van der Waals surface area contributed by atoms with E-state index >= 15 is 0 Å². The molecular formula is C20H22N6O2. The average Bonchev–Trinajstić information content (AvgIpc) is 3.51. The highest BCUT2D eigenvalue weighted by atomic mass is 16.5. The van der Waals surface area contributed by atoms with Crippen molar-refractivity contribution >= 4 is 6.03 Å². The number of carbonyl (C=O) groups excluding carboxylic acids is 1. The molecule has 2 aromatic heterocycles. The number of benzene rings is 1. The van der Waals surface area contributed by atoms with E-state index < -0.39 is 0 Å². The molecule has 1 aromatic carbocycles. The number of nitrogens with zero attached hydrogens (tertiary/aromatic N) is 4. The van der Waals surface area contributed by atoms with Crippen molar-refractivity contribution in [2.24, 2.45) is 0 Å². The Morgan fingerprint density at radius 3 is 3.04 bits per heavy atom. The highest BCUT2D eigenvalue weighted by Crippen LogP contribution is 2.32. The predicted molar refractivity (Wildman–Crippen MR) is 101 cm³/mol. The van der Waals surface area contributed by atoms with Crippen LogP contribution in [0.4, 0.5) is 4.79 Å².